The van der Waals surface area contributed by atoms with Gasteiger partial charge in [0.2, 0.25) is 0 Å². The zero-order valence-corrected chi connectivity index (χ0v) is 19.5. The molecule has 0 fully saturated rings. The molecule has 0 atom stereocenters. The van der Waals surface area contributed by atoms with Gasteiger partial charge in [0.1, 0.15) is 0 Å². The van der Waals surface area contributed by atoms with Crippen LogP contribution in [0.15, 0.2) is 70.9 Å². The van der Waals surface area contributed by atoms with Crippen molar-refractivity contribution in [2.75, 3.05) is 13.1 Å². The number of ketones is 1. The van der Waals surface area contributed by atoms with E-state index in [0.717, 1.165) is 27.8 Å². The van der Waals surface area contributed by atoms with Crippen molar-refractivity contribution in [2.24, 2.45) is 0 Å². The van der Waals surface area contributed by atoms with E-state index >= 15 is 0 Å². The molecule has 2 aromatic carbocycles. The first-order valence-corrected chi connectivity index (χ1v) is 11.4. The molecule has 7 heteroatoms. The Morgan fingerprint density at radius 2 is 1.94 bits per heavy atom. The molecule has 0 saturated heterocycles. The molecule has 0 bridgehead atoms. The second-order valence-corrected chi connectivity index (χ2v) is 8.68. The Bertz CT molecular complexity index is 1260. The number of dihydropyridines is 1. The van der Waals surface area contributed by atoms with Crippen LogP contribution in [-0.4, -0.2) is 29.8 Å². The van der Waals surface area contributed by atoms with E-state index in [0.29, 0.717) is 34.6 Å². The van der Waals surface area contributed by atoms with Crippen LogP contribution in [0, 0.1) is 0 Å². The van der Waals surface area contributed by atoms with Crippen LogP contribution in [-0.2, 0) is 4.79 Å². The molecule has 1 aromatic heterocycles. The summed E-state index contributed by atoms with van der Waals surface area (Å²) in [6, 6.07) is 12.9. The highest BCUT2D eigenvalue weighted by Gasteiger charge is 2.23. The van der Waals surface area contributed by atoms with E-state index in [1.54, 1.807) is 18.2 Å². The van der Waals surface area contributed by atoms with Crippen LogP contribution in [0.2, 0.25) is 5.02 Å². The van der Waals surface area contributed by atoms with Crippen molar-refractivity contribution in [3.8, 4) is 0 Å². The molecule has 4 rings (SSSR count). The first-order chi connectivity index (χ1) is 15.5. The predicted molar refractivity (Wildman–Crippen MR) is 134 cm³/mol. The summed E-state index contributed by atoms with van der Waals surface area (Å²) in [6.07, 6.45) is 10.3. The minimum Gasteiger partial charge on any atom is -0.385 e. The number of halogens is 2. The van der Waals surface area contributed by atoms with E-state index in [9.17, 15) is 9.59 Å². The smallest absolute Gasteiger partial charge is 0.292 e. The Labute approximate surface area is 199 Å². The third kappa shape index (κ3) is 5.21. The molecule has 32 heavy (non-hydrogen) atoms. The maximum atomic E-state index is 13.1. The molecule has 1 amide bonds. The summed E-state index contributed by atoms with van der Waals surface area (Å²) in [6.45, 7) is 1.15. The van der Waals surface area contributed by atoms with E-state index < -0.39 is 11.7 Å². The average molecular weight is 511 g/mol. The molecule has 3 aromatic rings. The topological polar surface area (TPSA) is 74.0 Å². The van der Waals surface area contributed by atoms with Gasteiger partial charge in [0.05, 0.1) is 11.3 Å². The number of H-pyrrole nitrogens is 1. The Kier molecular flexibility index (Phi) is 6.93. The number of hydrogen-bond donors (Lipinski definition) is 3. The molecular formula is C25H21BrClN3O2. The SMILES string of the molecule is O=C(NCCC1=CC=CCN1)C(=O)c1c(/C=C/c2ccc(Cl)cc2)[nH]c2cc(Br)ccc12. The van der Waals surface area contributed by atoms with E-state index in [4.69, 9.17) is 11.6 Å². The molecule has 2 heterocycles. The second kappa shape index (κ2) is 10.0. The summed E-state index contributed by atoms with van der Waals surface area (Å²) in [5.41, 5.74) is 3.67. The predicted octanol–water partition coefficient (Wildman–Crippen LogP) is 5.49. The monoisotopic (exact) mass is 509 g/mol. The van der Waals surface area contributed by atoms with E-state index in [1.165, 1.54) is 0 Å². The molecule has 1 aliphatic heterocycles. The van der Waals surface area contributed by atoms with Gasteiger partial charge in [-0.25, -0.2) is 0 Å². The van der Waals surface area contributed by atoms with Gasteiger partial charge in [-0.05, 0) is 42.0 Å². The molecule has 1 aliphatic rings. The van der Waals surface area contributed by atoms with Crippen LogP contribution >= 0.6 is 27.5 Å². The lowest BCUT2D eigenvalue weighted by atomic mass is 10.0. The summed E-state index contributed by atoms with van der Waals surface area (Å²) >= 11 is 9.41. The van der Waals surface area contributed by atoms with Crippen LogP contribution in [0.4, 0.5) is 0 Å². The van der Waals surface area contributed by atoms with E-state index in [-0.39, 0.29) is 0 Å². The summed E-state index contributed by atoms with van der Waals surface area (Å²) in [5.74, 6) is -1.19. The Balaban J connectivity index is 1.57. The molecule has 0 saturated carbocycles. The Morgan fingerprint density at radius 3 is 2.69 bits per heavy atom. The number of amides is 1. The van der Waals surface area contributed by atoms with Crippen LogP contribution in [0.1, 0.15) is 28.0 Å². The number of nitrogens with one attached hydrogen (secondary N) is 3. The van der Waals surface area contributed by atoms with E-state index in [1.807, 2.05) is 54.6 Å². The third-order valence-electron chi connectivity index (χ3n) is 5.10. The average Bonchev–Trinajstić information content (AvgIpc) is 3.16. The lowest BCUT2D eigenvalue weighted by Crippen LogP contribution is -2.33. The standard InChI is InChI=1S/C25H21BrClN3O2/c26-17-7-10-20-22(15-17)30-21(11-6-16-4-8-18(27)9-5-16)23(20)24(31)25(32)29-14-12-19-3-1-2-13-28-19/h1-11,15,28,30H,12-14H2,(H,29,32)/b11-6+. The fourth-order valence-corrected chi connectivity index (χ4v) is 3.98. The van der Waals surface area contributed by atoms with Gasteiger partial charge < -0.3 is 15.6 Å². The number of carbonyl (C=O) groups excluding carboxylic acids is 2. The van der Waals surface area contributed by atoms with Crippen molar-refractivity contribution in [1.82, 2.24) is 15.6 Å². The summed E-state index contributed by atoms with van der Waals surface area (Å²) < 4.78 is 0.880. The highest BCUT2D eigenvalue weighted by Crippen LogP contribution is 2.27. The second-order valence-electron chi connectivity index (χ2n) is 7.32. The largest absolute Gasteiger partial charge is 0.385 e. The molecule has 0 spiro atoms. The van der Waals surface area contributed by atoms with Gasteiger partial charge in [-0.1, -0.05) is 64.0 Å². The van der Waals surface area contributed by atoms with Crippen molar-refractivity contribution in [3.63, 3.8) is 0 Å². The van der Waals surface area contributed by atoms with Crippen LogP contribution in [0.3, 0.4) is 0 Å². The zero-order chi connectivity index (χ0) is 22.5. The van der Waals surface area contributed by atoms with Gasteiger partial charge in [-0.2, -0.15) is 0 Å². The van der Waals surface area contributed by atoms with Crippen molar-refractivity contribution in [2.45, 2.75) is 6.42 Å². The van der Waals surface area contributed by atoms with Crippen LogP contribution < -0.4 is 10.6 Å². The highest BCUT2D eigenvalue weighted by atomic mass is 79.9. The molecule has 0 aliphatic carbocycles. The van der Waals surface area contributed by atoms with Crippen LogP contribution in [0.5, 0.6) is 0 Å². The van der Waals surface area contributed by atoms with Gasteiger partial charge in [-0.3, -0.25) is 9.59 Å². The normalized spacial score (nSPS) is 13.2. The number of benzene rings is 2. The van der Waals surface area contributed by atoms with Gasteiger partial charge in [0.15, 0.2) is 0 Å². The van der Waals surface area contributed by atoms with Crippen molar-refractivity contribution >= 4 is 62.3 Å². The number of carbonyl (C=O) groups is 2. The molecular weight excluding hydrogens is 490 g/mol. The molecule has 0 unspecified atom stereocenters. The van der Waals surface area contributed by atoms with Crippen molar-refractivity contribution < 1.29 is 9.59 Å². The number of allylic oxidation sites excluding steroid dienone is 2. The van der Waals surface area contributed by atoms with Gasteiger partial charge in [-0.15, -0.1) is 0 Å². The lowest BCUT2D eigenvalue weighted by Gasteiger charge is -2.12. The molecule has 3 N–H and O–H groups in total. The summed E-state index contributed by atoms with van der Waals surface area (Å²) in [4.78, 5) is 29.1. The Hall–Kier alpha value is -3.09. The van der Waals surface area contributed by atoms with Crippen molar-refractivity contribution in [3.05, 3.63) is 92.7 Å². The van der Waals surface area contributed by atoms with Gasteiger partial charge >= 0.3 is 0 Å². The fraction of sp³-hybridized carbons (Fsp3) is 0.120. The number of aromatic nitrogens is 1. The van der Waals surface area contributed by atoms with Crippen LogP contribution in [0.25, 0.3) is 23.1 Å². The summed E-state index contributed by atoms with van der Waals surface area (Å²) in [5, 5.41) is 7.33. The first kappa shape index (κ1) is 22.1. The zero-order valence-electron chi connectivity index (χ0n) is 17.1. The minimum atomic E-state index is -0.623. The van der Waals surface area contributed by atoms with E-state index in [2.05, 4.69) is 31.5 Å². The quantitative estimate of drug-likeness (QED) is 0.291. The maximum Gasteiger partial charge on any atom is 0.292 e. The van der Waals surface area contributed by atoms with Gasteiger partial charge in [0, 0.05) is 45.6 Å². The number of fused-ring (bicyclic) bond motifs is 1. The molecule has 162 valence electrons. The Morgan fingerprint density at radius 1 is 1.12 bits per heavy atom. The number of Topliss-reactive ketones (excluding diaryl/α,β-unsaturated/α-hetero) is 1. The lowest BCUT2D eigenvalue weighted by molar-refractivity contribution is -0.116. The van der Waals surface area contributed by atoms with Crippen molar-refractivity contribution in [1.29, 1.82) is 0 Å². The summed E-state index contributed by atoms with van der Waals surface area (Å²) in [7, 11) is 0. The third-order valence-corrected chi connectivity index (χ3v) is 5.84. The number of hydrogen-bond acceptors (Lipinski definition) is 3. The maximum absolute atomic E-state index is 13.1. The number of aromatic amines is 1. The minimum absolute atomic E-state index is 0.355. The molecule has 5 nitrogen and oxygen atoms in total. The van der Waals surface area contributed by atoms with Gasteiger partial charge in [0.25, 0.3) is 11.7 Å². The molecule has 0 radical (unpaired) electrons. The fourth-order valence-electron chi connectivity index (χ4n) is 3.49. The highest BCUT2D eigenvalue weighted by molar-refractivity contribution is 9.10. The number of rotatable bonds is 7. The first-order valence-electron chi connectivity index (χ1n) is 10.2.